The van der Waals surface area contributed by atoms with Crippen LogP contribution in [0.3, 0.4) is 0 Å². The summed E-state index contributed by atoms with van der Waals surface area (Å²) in [7, 11) is -3.95. The molecule has 12 heavy (non-hydrogen) atoms. The average Bonchev–Trinajstić information content (AvgIpc) is 1.79. The highest BCUT2D eigenvalue weighted by molar-refractivity contribution is 7.85. The molecule has 2 N–H and O–H groups in total. The summed E-state index contributed by atoms with van der Waals surface area (Å²) in [6.45, 7) is 1.60. The van der Waals surface area contributed by atoms with Gasteiger partial charge in [-0.1, -0.05) is 6.92 Å². The van der Waals surface area contributed by atoms with Crippen molar-refractivity contribution in [3.8, 4) is 0 Å². The standard InChI is InChI=1S/C5H12O5S2/c1-5(2-3-11(6)7)4-12(8,9)10/h5H,2-4H2,1H3,(H,6,7)(H,8,9,10). The Hall–Kier alpha value is 0.0200. The van der Waals surface area contributed by atoms with Gasteiger partial charge in [0, 0.05) is 5.75 Å². The molecule has 0 amide bonds. The summed E-state index contributed by atoms with van der Waals surface area (Å²) in [5.41, 5.74) is 0. The molecule has 0 spiro atoms. The van der Waals surface area contributed by atoms with Crippen LogP contribution in [0.15, 0.2) is 0 Å². The molecule has 0 saturated heterocycles. The first kappa shape index (κ1) is 12.0. The smallest absolute Gasteiger partial charge is 0.265 e. The summed E-state index contributed by atoms with van der Waals surface area (Å²) in [4.78, 5) is 0. The lowest BCUT2D eigenvalue weighted by molar-refractivity contribution is 0.465. The van der Waals surface area contributed by atoms with E-state index < -0.39 is 21.2 Å². The topological polar surface area (TPSA) is 91.7 Å². The molecule has 0 rings (SSSR count). The van der Waals surface area contributed by atoms with Gasteiger partial charge in [0.05, 0.1) is 5.75 Å². The number of hydrogen-bond donors (Lipinski definition) is 2. The first-order chi connectivity index (χ1) is 5.31. The molecule has 5 nitrogen and oxygen atoms in total. The van der Waals surface area contributed by atoms with E-state index in [9.17, 15) is 12.6 Å². The van der Waals surface area contributed by atoms with E-state index in [-0.39, 0.29) is 17.4 Å². The number of rotatable bonds is 5. The second kappa shape index (κ2) is 4.90. The fourth-order valence-corrected chi connectivity index (χ4v) is 2.23. The van der Waals surface area contributed by atoms with Crippen LogP contribution in [0.4, 0.5) is 0 Å². The van der Waals surface area contributed by atoms with Crippen LogP contribution in [0, 0.1) is 5.92 Å². The quantitative estimate of drug-likeness (QED) is 0.503. The van der Waals surface area contributed by atoms with E-state index in [4.69, 9.17) is 9.11 Å². The van der Waals surface area contributed by atoms with Crippen molar-refractivity contribution in [3.05, 3.63) is 0 Å². The van der Waals surface area contributed by atoms with Crippen molar-refractivity contribution in [3.63, 3.8) is 0 Å². The second-order valence-electron chi connectivity index (χ2n) is 2.67. The Morgan fingerprint density at radius 2 is 2.00 bits per heavy atom. The molecule has 0 fully saturated rings. The molecular formula is C5H12O5S2. The first-order valence-corrected chi connectivity index (χ1v) is 6.22. The van der Waals surface area contributed by atoms with Crippen molar-refractivity contribution < 1.29 is 21.7 Å². The normalized spacial score (nSPS) is 17.2. The third-order valence-corrected chi connectivity index (χ3v) is 2.86. The molecule has 0 aromatic carbocycles. The summed E-state index contributed by atoms with van der Waals surface area (Å²) < 4.78 is 47.5. The zero-order valence-corrected chi connectivity index (χ0v) is 8.27. The van der Waals surface area contributed by atoms with E-state index in [0.29, 0.717) is 6.42 Å². The van der Waals surface area contributed by atoms with Gasteiger partial charge in [0.2, 0.25) is 0 Å². The predicted molar refractivity (Wildman–Crippen MR) is 45.8 cm³/mol. The highest BCUT2D eigenvalue weighted by Crippen LogP contribution is 2.05. The maximum atomic E-state index is 10.3. The van der Waals surface area contributed by atoms with Crippen LogP contribution in [0.1, 0.15) is 13.3 Å². The molecule has 7 heteroatoms. The van der Waals surface area contributed by atoms with Crippen molar-refractivity contribution in [1.29, 1.82) is 0 Å². The van der Waals surface area contributed by atoms with E-state index >= 15 is 0 Å². The SMILES string of the molecule is CC(CCS(=O)O)CS(=O)(=O)O. The summed E-state index contributed by atoms with van der Waals surface area (Å²) in [6.07, 6.45) is 0.308. The molecule has 74 valence electrons. The van der Waals surface area contributed by atoms with E-state index in [2.05, 4.69) is 0 Å². The fourth-order valence-electron chi connectivity index (χ4n) is 0.745. The van der Waals surface area contributed by atoms with Crippen LogP contribution in [-0.4, -0.2) is 33.2 Å². The van der Waals surface area contributed by atoms with Gasteiger partial charge in [-0.15, -0.1) is 0 Å². The van der Waals surface area contributed by atoms with Gasteiger partial charge in [-0.2, -0.15) is 8.42 Å². The molecule has 0 radical (unpaired) electrons. The van der Waals surface area contributed by atoms with Crippen LogP contribution in [0.2, 0.25) is 0 Å². The van der Waals surface area contributed by atoms with E-state index in [0.717, 1.165) is 0 Å². The van der Waals surface area contributed by atoms with E-state index in [1.807, 2.05) is 0 Å². The van der Waals surface area contributed by atoms with Gasteiger partial charge in [0.15, 0.2) is 11.1 Å². The third kappa shape index (κ3) is 8.12. The van der Waals surface area contributed by atoms with Gasteiger partial charge in [-0.3, -0.25) is 4.55 Å². The molecule has 0 aromatic rings. The Balaban J connectivity index is 3.75. The summed E-state index contributed by atoms with van der Waals surface area (Å²) >= 11 is -1.89. The number of hydrogen-bond acceptors (Lipinski definition) is 3. The van der Waals surface area contributed by atoms with E-state index in [1.165, 1.54) is 0 Å². The van der Waals surface area contributed by atoms with Crippen molar-refractivity contribution in [2.75, 3.05) is 11.5 Å². The maximum Gasteiger partial charge on any atom is 0.265 e. The molecule has 0 heterocycles. The van der Waals surface area contributed by atoms with Crippen LogP contribution >= 0.6 is 0 Å². The monoisotopic (exact) mass is 216 g/mol. The molecule has 2 unspecified atom stereocenters. The minimum atomic E-state index is -3.95. The van der Waals surface area contributed by atoms with Crippen LogP contribution in [0.5, 0.6) is 0 Å². The Labute approximate surface area is 74.2 Å². The zero-order valence-electron chi connectivity index (χ0n) is 6.63. The fraction of sp³-hybridized carbons (Fsp3) is 1.00. The first-order valence-electron chi connectivity index (χ1n) is 3.34. The summed E-state index contributed by atoms with van der Waals surface area (Å²) in [5, 5.41) is 0. The molecule has 0 aromatic heterocycles. The average molecular weight is 216 g/mol. The van der Waals surface area contributed by atoms with Gasteiger partial charge in [0.1, 0.15) is 0 Å². The Kier molecular flexibility index (Phi) is 4.91. The van der Waals surface area contributed by atoms with Gasteiger partial charge in [-0.25, -0.2) is 4.21 Å². The van der Waals surface area contributed by atoms with Crippen LogP contribution in [-0.2, 0) is 21.2 Å². The lowest BCUT2D eigenvalue weighted by Gasteiger charge is -2.06. The third-order valence-electron chi connectivity index (χ3n) is 1.28. The van der Waals surface area contributed by atoms with Crippen molar-refractivity contribution in [1.82, 2.24) is 0 Å². The zero-order chi connectivity index (χ0) is 9.78. The van der Waals surface area contributed by atoms with Crippen molar-refractivity contribution in [2.45, 2.75) is 13.3 Å². The Morgan fingerprint density at radius 3 is 2.33 bits per heavy atom. The summed E-state index contributed by atoms with van der Waals surface area (Å²) in [5.74, 6) is -0.614. The summed E-state index contributed by atoms with van der Waals surface area (Å²) in [6, 6.07) is 0. The van der Waals surface area contributed by atoms with Crippen molar-refractivity contribution >= 4 is 21.2 Å². The molecule has 0 saturated carbocycles. The predicted octanol–water partition coefficient (Wildman–Crippen LogP) is 0.122. The largest absolute Gasteiger partial charge is 0.306 e. The van der Waals surface area contributed by atoms with Gasteiger partial charge >= 0.3 is 0 Å². The molecule has 0 aliphatic rings. The van der Waals surface area contributed by atoms with Gasteiger partial charge < -0.3 is 4.55 Å². The maximum absolute atomic E-state index is 10.3. The highest BCUT2D eigenvalue weighted by atomic mass is 32.2. The molecule has 0 aliphatic heterocycles. The molecule has 2 atom stereocenters. The lowest BCUT2D eigenvalue weighted by atomic mass is 10.2. The van der Waals surface area contributed by atoms with E-state index in [1.54, 1.807) is 6.92 Å². The molecule has 0 aliphatic carbocycles. The minimum absolute atomic E-state index is 0.0384. The Morgan fingerprint density at radius 1 is 1.50 bits per heavy atom. The lowest BCUT2D eigenvalue weighted by Crippen LogP contribution is -2.14. The second-order valence-corrected chi connectivity index (χ2v) is 5.22. The minimum Gasteiger partial charge on any atom is -0.306 e. The molecule has 0 bridgehead atoms. The molecular weight excluding hydrogens is 204 g/mol. The Bertz CT molecular complexity index is 245. The van der Waals surface area contributed by atoms with Crippen molar-refractivity contribution in [2.24, 2.45) is 5.92 Å². The van der Waals surface area contributed by atoms with Crippen LogP contribution < -0.4 is 0 Å². The van der Waals surface area contributed by atoms with Crippen LogP contribution in [0.25, 0.3) is 0 Å². The van der Waals surface area contributed by atoms with Gasteiger partial charge in [0.25, 0.3) is 10.1 Å². The van der Waals surface area contributed by atoms with Gasteiger partial charge in [-0.05, 0) is 12.3 Å². The highest BCUT2D eigenvalue weighted by Gasteiger charge is 2.12.